The first-order valence-corrected chi connectivity index (χ1v) is 10.8. The van der Waals surface area contributed by atoms with E-state index in [2.05, 4.69) is 29.5 Å². The Morgan fingerprint density at radius 3 is 2.52 bits per heavy atom. The Morgan fingerprint density at radius 1 is 1.13 bits per heavy atom. The molecule has 2 aliphatic rings. The van der Waals surface area contributed by atoms with Gasteiger partial charge in [0.05, 0.1) is 0 Å². The first-order chi connectivity index (χ1) is 14.6. The average Bonchev–Trinajstić information content (AvgIpc) is 2.66. The molecule has 0 saturated heterocycles. The molecule has 1 aliphatic carbocycles. The van der Waals surface area contributed by atoms with E-state index >= 15 is 0 Å². The van der Waals surface area contributed by atoms with Crippen LogP contribution in [0.4, 0.5) is 5.82 Å². The summed E-state index contributed by atoms with van der Waals surface area (Å²) in [4.78, 5) is 31.1. The average molecular weight is 436 g/mol. The summed E-state index contributed by atoms with van der Waals surface area (Å²) in [6.45, 7) is 7.95. The van der Waals surface area contributed by atoms with Crippen molar-refractivity contribution < 1.29 is 9.59 Å². The lowest BCUT2D eigenvalue weighted by Gasteiger charge is -2.39. The Labute approximate surface area is 187 Å². The van der Waals surface area contributed by atoms with Gasteiger partial charge in [-0.25, -0.2) is 4.98 Å². The number of nitrogens with zero attached hydrogens (tertiary/aromatic N) is 1. The van der Waals surface area contributed by atoms with Crippen LogP contribution >= 0.6 is 11.6 Å². The molecule has 1 atom stereocenters. The molecule has 160 valence electrons. The van der Waals surface area contributed by atoms with Gasteiger partial charge in [-0.2, -0.15) is 0 Å². The third kappa shape index (κ3) is 4.28. The molecule has 0 spiro atoms. The Hall–Kier alpha value is -2.92. The van der Waals surface area contributed by atoms with Crippen molar-refractivity contribution in [2.75, 3.05) is 5.32 Å². The molecule has 0 unspecified atom stereocenters. The standard InChI is InChI=1S/C25H26ClN3O2/c1-14-6-5-7-20(27-14)29-24(31)21-15(2)28-18-12-25(3,4)13-19(30)23(18)22(21)16-8-10-17(26)11-9-16/h5-11,22,28H,12-13H2,1-4H3,(H,27,29,31)/t22-/m1/s1. The van der Waals surface area contributed by atoms with Crippen LogP contribution in [0, 0.1) is 12.3 Å². The van der Waals surface area contributed by atoms with Gasteiger partial charge in [-0.3, -0.25) is 9.59 Å². The molecule has 0 radical (unpaired) electrons. The third-order valence-electron chi connectivity index (χ3n) is 5.82. The van der Waals surface area contributed by atoms with E-state index in [0.29, 0.717) is 28.4 Å². The van der Waals surface area contributed by atoms with Gasteiger partial charge in [0.15, 0.2) is 5.78 Å². The van der Waals surface area contributed by atoms with Crippen molar-refractivity contribution >= 4 is 29.1 Å². The SMILES string of the molecule is CC1=C(C(=O)Nc2cccc(C)n2)[C@@H](c2ccc(Cl)cc2)C2=C(CC(C)(C)CC2=O)N1. The lowest BCUT2D eigenvalue weighted by Crippen LogP contribution is -2.39. The van der Waals surface area contributed by atoms with E-state index < -0.39 is 5.92 Å². The van der Waals surface area contributed by atoms with Crippen LogP contribution in [0.2, 0.25) is 5.02 Å². The molecule has 31 heavy (non-hydrogen) atoms. The quantitative estimate of drug-likeness (QED) is 0.687. The highest BCUT2D eigenvalue weighted by molar-refractivity contribution is 6.30. The summed E-state index contributed by atoms with van der Waals surface area (Å²) in [5, 5.41) is 6.90. The molecule has 0 saturated carbocycles. The van der Waals surface area contributed by atoms with Crippen LogP contribution in [0.15, 0.2) is 65.0 Å². The van der Waals surface area contributed by atoms with Gasteiger partial charge in [0.2, 0.25) is 0 Å². The van der Waals surface area contributed by atoms with Gasteiger partial charge in [0, 0.05) is 45.6 Å². The molecule has 2 N–H and O–H groups in total. The van der Waals surface area contributed by atoms with Gasteiger partial charge < -0.3 is 10.6 Å². The fourth-order valence-electron chi connectivity index (χ4n) is 4.52. The molecule has 2 aromatic rings. The summed E-state index contributed by atoms with van der Waals surface area (Å²) in [5.41, 5.74) is 4.41. The summed E-state index contributed by atoms with van der Waals surface area (Å²) in [7, 11) is 0. The van der Waals surface area contributed by atoms with Crippen LogP contribution in [-0.2, 0) is 9.59 Å². The highest BCUT2D eigenvalue weighted by Gasteiger charge is 2.42. The predicted molar refractivity (Wildman–Crippen MR) is 123 cm³/mol. The van der Waals surface area contributed by atoms with Gasteiger partial charge in [-0.15, -0.1) is 0 Å². The maximum Gasteiger partial charge on any atom is 0.255 e. The van der Waals surface area contributed by atoms with Crippen molar-refractivity contribution in [3.63, 3.8) is 0 Å². The number of ketones is 1. The fourth-order valence-corrected chi connectivity index (χ4v) is 4.65. The van der Waals surface area contributed by atoms with Gasteiger partial charge >= 0.3 is 0 Å². The minimum atomic E-state index is -0.457. The smallest absolute Gasteiger partial charge is 0.255 e. The Balaban J connectivity index is 1.80. The van der Waals surface area contributed by atoms with Crippen molar-refractivity contribution in [2.24, 2.45) is 5.41 Å². The van der Waals surface area contributed by atoms with Crippen molar-refractivity contribution in [3.8, 4) is 0 Å². The Kier molecular flexibility index (Phi) is 5.48. The molecule has 0 bridgehead atoms. The molecule has 0 fully saturated rings. The minimum Gasteiger partial charge on any atom is -0.362 e. The van der Waals surface area contributed by atoms with Gasteiger partial charge in [0.1, 0.15) is 5.82 Å². The van der Waals surface area contributed by atoms with E-state index in [1.807, 2.05) is 38.1 Å². The second kappa shape index (κ2) is 7.97. The van der Waals surface area contributed by atoms with Crippen LogP contribution in [0.5, 0.6) is 0 Å². The molecule has 5 nitrogen and oxygen atoms in total. The number of pyridine rings is 1. The molecule has 1 aliphatic heterocycles. The number of hydrogen-bond donors (Lipinski definition) is 2. The second-order valence-electron chi connectivity index (χ2n) is 9.10. The highest BCUT2D eigenvalue weighted by atomic mass is 35.5. The second-order valence-corrected chi connectivity index (χ2v) is 9.54. The number of nitrogens with one attached hydrogen (secondary N) is 2. The number of aryl methyl sites for hydroxylation is 1. The van der Waals surface area contributed by atoms with Crippen LogP contribution in [0.25, 0.3) is 0 Å². The number of anilines is 1. The molecule has 1 aromatic carbocycles. The number of carbonyl (C=O) groups is 2. The van der Waals surface area contributed by atoms with Crippen LogP contribution < -0.4 is 10.6 Å². The number of benzene rings is 1. The number of hydrogen-bond acceptors (Lipinski definition) is 4. The van der Waals surface area contributed by atoms with Crippen molar-refractivity contribution in [1.82, 2.24) is 10.3 Å². The molecule has 6 heteroatoms. The van der Waals surface area contributed by atoms with Crippen molar-refractivity contribution in [1.29, 1.82) is 0 Å². The summed E-state index contributed by atoms with van der Waals surface area (Å²) in [5.74, 6) is -0.171. The maximum atomic E-state index is 13.4. The van der Waals surface area contributed by atoms with Crippen LogP contribution in [-0.4, -0.2) is 16.7 Å². The first-order valence-electron chi connectivity index (χ1n) is 10.4. The molecular formula is C25H26ClN3O2. The molecule has 4 rings (SSSR count). The zero-order chi connectivity index (χ0) is 22.3. The van der Waals surface area contributed by atoms with Gasteiger partial charge in [-0.1, -0.05) is 43.6 Å². The van der Waals surface area contributed by atoms with Crippen molar-refractivity contribution in [2.45, 2.75) is 46.5 Å². The largest absolute Gasteiger partial charge is 0.362 e. The summed E-state index contributed by atoms with van der Waals surface area (Å²) in [6, 6.07) is 12.9. The van der Waals surface area contributed by atoms with Gasteiger partial charge in [0.25, 0.3) is 5.91 Å². The Morgan fingerprint density at radius 2 is 1.84 bits per heavy atom. The number of carbonyl (C=O) groups excluding carboxylic acids is 2. The number of amides is 1. The van der Waals surface area contributed by atoms with E-state index in [1.165, 1.54) is 0 Å². The minimum absolute atomic E-state index is 0.0742. The predicted octanol–water partition coefficient (Wildman–Crippen LogP) is 5.29. The van der Waals surface area contributed by atoms with E-state index in [4.69, 9.17) is 11.6 Å². The number of dihydropyridines is 1. The first kappa shape index (κ1) is 21.3. The number of rotatable bonds is 3. The molecule has 2 heterocycles. The van der Waals surface area contributed by atoms with E-state index in [1.54, 1.807) is 18.2 Å². The summed E-state index contributed by atoms with van der Waals surface area (Å²) < 4.78 is 0. The Bertz CT molecular complexity index is 1130. The number of halogens is 1. The monoisotopic (exact) mass is 435 g/mol. The topological polar surface area (TPSA) is 71.1 Å². The molecule has 1 aromatic heterocycles. The zero-order valence-corrected chi connectivity index (χ0v) is 18.9. The van der Waals surface area contributed by atoms with Crippen molar-refractivity contribution in [3.05, 3.63) is 81.3 Å². The lowest BCUT2D eigenvalue weighted by atomic mass is 9.68. The maximum absolute atomic E-state index is 13.4. The van der Waals surface area contributed by atoms with Gasteiger partial charge in [-0.05, 0) is 55.5 Å². The highest BCUT2D eigenvalue weighted by Crippen LogP contribution is 2.46. The molecule has 1 amide bonds. The number of aromatic nitrogens is 1. The van der Waals surface area contributed by atoms with E-state index in [0.717, 1.165) is 29.1 Å². The van der Waals surface area contributed by atoms with Crippen LogP contribution in [0.3, 0.4) is 0 Å². The van der Waals surface area contributed by atoms with E-state index in [9.17, 15) is 9.59 Å². The number of Topliss-reactive ketones (excluding diaryl/α,β-unsaturated/α-hetero) is 1. The molecular weight excluding hydrogens is 410 g/mol. The number of allylic oxidation sites excluding steroid dienone is 3. The van der Waals surface area contributed by atoms with Crippen LogP contribution in [0.1, 0.15) is 50.8 Å². The van der Waals surface area contributed by atoms with E-state index in [-0.39, 0.29) is 17.1 Å². The summed E-state index contributed by atoms with van der Waals surface area (Å²) in [6.07, 6.45) is 1.20. The zero-order valence-electron chi connectivity index (χ0n) is 18.2. The summed E-state index contributed by atoms with van der Waals surface area (Å²) >= 11 is 6.11. The lowest BCUT2D eigenvalue weighted by molar-refractivity contribution is -0.118. The fraction of sp³-hybridized carbons (Fsp3) is 0.320. The third-order valence-corrected chi connectivity index (χ3v) is 6.07. The normalized spacial score (nSPS) is 20.3.